The zero-order valence-corrected chi connectivity index (χ0v) is 12.2. The third-order valence-electron chi connectivity index (χ3n) is 2.51. The van der Waals surface area contributed by atoms with Crippen molar-refractivity contribution in [3.8, 4) is 0 Å². The highest BCUT2D eigenvalue weighted by molar-refractivity contribution is 9.10. The molecular weight excluding hydrogens is 302 g/mol. The first kappa shape index (κ1) is 14.5. The predicted octanol–water partition coefficient (Wildman–Crippen LogP) is 4.04. The average Bonchev–Trinajstić information content (AvgIpc) is 2.29. The van der Waals surface area contributed by atoms with Crippen LogP contribution < -0.4 is 5.32 Å². The summed E-state index contributed by atoms with van der Waals surface area (Å²) in [5.74, 6) is 0.705. The lowest BCUT2D eigenvalue weighted by molar-refractivity contribution is -0.121. The molecule has 1 unspecified atom stereocenters. The first-order valence-corrected chi connectivity index (χ1v) is 7.07. The van der Waals surface area contributed by atoms with Gasteiger partial charge in [-0.05, 0) is 37.5 Å². The summed E-state index contributed by atoms with van der Waals surface area (Å²) in [6.45, 7) is 1.99. The van der Waals surface area contributed by atoms with Crippen LogP contribution in [-0.4, -0.2) is 11.8 Å². The topological polar surface area (TPSA) is 29.1 Å². The molecule has 2 nitrogen and oxygen atoms in total. The van der Waals surface area contributed by atoms with Crippen molar-refractivity contribution >= 4 is 33.4 Å². The smallest absolute Gasteiger partial charge is 0.220 e. The van der Waals surface area contributed by atoms with Gasteiger partial charge in [0.1, 0.15) is 0 Å². The Hall–Kier alpha value is -0.540. The molecule has 0 aliphatic rings. The molecule has 0 fully saturated rings. The van der Waals surface area contributed by atoms with E-state index in [1.54, 1.807) is 0 Å². The van der Waals surface area contributed by atoms with Gasteiger partial charge in [0.15, 0.2) is 0 Å². The number of nitrogens with one attached hydrogen (secondary N) is 1. The highest BCUT2D eigenvalue weighted by Crippen LogP contribution is 2.17. The molecule has 4 heteroatoms. The Bertz CT molecular complexity index is 370. The van der Waals surface area contributed by atoms with E-state index in [0.717, 1.165) is 22.9 Å². The lowest BCUT2D eigenvalue weighted by Crippen LogP contribution is -2.26. The van der Waals surface area contributed by atoms with Gasteiger partial charge >= 0.3 is 0 Å². The molecule has 1 aromatic carbocycles. The Morgan fingerprint density at radius 3 is 2.88 bits per heavy atom. The van der Waals surface area contributed by atoms with Gasteiger partial charge in [-0.25, -0.2) is 0 Å². The van der Waals surface area contributed by atoms with Gasteiger partial charge in [0.05, 0.1) is 6.04 Å². The maximum absolute atomic E-state index is 11.6. The molecular formula is C13H17BrClNO. The number of unbranched alkanes of at least 4 members (excludes halogenated alkanes) is 1. The van der Waals surface area contributed by atoms with Gasteiger partial charge in [0.25, 0.3) is 0 Å². The van der Waals surface area contributed by atoms with Gasteiger partial charge in [-0.2, -0.15) is 0 Å². The van der Waals surface area contributed by atoms with Gasteiger partial charge < -0.3 is 5.32 Å². The Morgan fingerprint density at radius 2 is 2.24 bits per heavy atom. The number of hydrogen-bond acceptors (Lipinski definition) is 1. The maximum Gasteiger partial charge on any atom is 0.220 e. The standard InChI is InChI=1S/C13H17BrClNO/c1-10(11-5-4-6-12(14)9-11)16-13(17)7-2-3-8-15/h4-6,9-10H,2-3,7-8H2,1H3,(H,16,17). The number of halogens is 2. The van der Waals surface area contributed by atoms with E-state index < -0.39 is 0 Å². The van der Waals surface area contributed by atoms with Crippen LogP contribution in [0.1, 0.15) is 37.8 Å². The molecule has 0 saturated carbocycles. The van der Waals surface area contributed by atoms with E-state index in [2.05, 4.69) is 21.2 Å². The van der Waals surface area contributed by atoms with Crippen LogP contribution in [0.2, 0.25) is 0 Å². The van der Waals surface area contributed by atoms with Crippen LogP contribution in [0.25, 0.3) is 0 Å². The first-order valence-electron chi connectivity index (χ1n) is 5.74. The van der Waals surface area contributed by atoms with E-state index in [-0.39, 0.29) is 11.9 Å². The molecule has 0 aliphatic carbocycles. The molecule has 1 rings (SSSR count). The van der Waals surface area contributed by atoms with Crippen LogP contribution in [0.3, 0.4) is 0 Å². The van der Waals surface area contributed by atoms with E-state index in [1.807, 2.05) is 31.2 Å². The van der Waals surface area contributed by atoms with Gasteiger partial charge in [0.2, 0.25) is 5.91 Å². The number of rotatable bonds is 6. The molecule has 1 amide bonds. The van der Waals surface area contributed by atoms with Crippen molar-refractivity contribution in [2.75, 3.05) is 5.88 Å². The molecule has 0 saturated heterocycles. The summed E-state index contributed by atoms with van der Waals surface area (Å²) in [6.07, 6.45) is 2.28. The monoisotopic (exact) mass is 317 g/mol. The molecule has 94 valence electrons. The summed E-state index contributed by atoms with van der Waals surface area (Å²) in [4.78, 5) is 11.6. The van der Waals surface area contributed by atoms with Crippen LogP contribution in [0, 0.1) is 0 Å². The number of carbonyl (C=O) groups is 1. The van der Waals surface area contributed by atoms with Crippen molar-refractivity contribution in [2.24, 2.45) is 0 Å². The summed E-state index contributed by atoms with van der Waals surface area (Å²) < 4.78 is 1.03. The first-order chi connectivity index (χ1) is 8.13. The van der Waals surface area contributed by atoms with Gasteiger partial charge in [-0.3, -0.25) is 4.79 Å². The minimum atomic E-state index is 0.0380. The molecule has 0 bridgehead atoms. The fourth-order valence-corrected chi connectivity index (χ4v) is 2.16. The van der Waals surface area contributed by atoms with Crippen LogP contribution in [-0.2, 0) is 4.79 Å². The molecule has 1 aromatic rings. The van der Waals surface area contributed by atoms with Crippen LogP contribution in [0.4, 0.5) is 0 Å². The van der Waals surface area contributed by atoms with E-state index >= 15 is 0 Å². The second-order valence-electron chi connectivity index (χ2n) is 3.99. The lowest BCUT2D eigenvalue weighted by Gasteiger charge is -2.14. The zero-order valence-electron chi connectivity index (χ0n) is 9.88. The molecule has 1 atom stereocenters. The van der Waals surface area contributed by atoms with Crippen LogP contribution in [0.5, 0.6) is 0 Å². The Balaban J connectivity index is 2.43. The van der Waals surface area contributed by atoms with Crippen molar-refractivity contribution in [3.05, 3.63) is 34.3 Å². The van der Waals surface area contributed by atoms with Crippen molar-refractivity contribution in [3.63, 3.8) is 0 Å². The van der Waals surface area contributed by atoms with Crippen molar-refractivity contribution < 1.29 is 4.79 Å². The fraction of sp³-hybridized carbons (Fsp3) is 0.462. The van der Waals surface area contributed by atoms with Gasteiger partial charge in [-0.1, -0.05) is 28.1 Å². The average molecular weight is 319 g/mol. The molecule has 0 spiro atoms. The second kappa shape index (κ2) is 7.72. The predicted molar refractivity (Wildman–Crippen MR) is 75.3 cm³/mol. The van der Waals surface area contributed by atoms with E-state index in [4.69, 9.17) is 11.6 Å². The Morgan fingerprint density at radius 1 is 1.47 bits per heavy atom. The van der Waals surface area contributed by atoms with E-state index in [1.165, 1.54) is 0 Å². The quantitative estimate of drug-likeness (QED) is 0.622. The summed E-state index contributed by atoms with van der Waals surface area (Å²) in [5, 5.41) is 2.98. The lowest BCUT2D eigenvalue weighted by atomic mass is 10.1. The normalized spacial score (nSPS) is 12.2. The molecule has 0 radical (unpaired) electrons. The SMILES string of the molecule is CC(NC(=O)CCCCCl)c1cccc(Br)c1. The number of carbonyl (C=O) groups excluding carboxylic acids is 1. The van der Waals surface area contributed by atoms with Gasteiger partial charge in [0, 0.05) is 16.8 Å². The molecule has 1 N–H and O–H groups in total. The molecule has 0 aliphatic heterocycles. The summed E-state index contributed by atoms with van der Waals surface area (Å²) >= 11 is 8.99. The van der Waals surface area contributed by atoms with E-state index in [0.29, 0.717) is 12.3 Å². The summed E-state index contributed by atoms with van der Waals surface area (Å²) in [7, 11) is 0. The second-order valence-corrected chi connectivity index (χ2v) is 5.28. The molecule has 17 heavy (non-hydrogen) atoms. The number of alkyl halides is 1. The van der Waals surface area contributed by atoms with Crippen molar-refractivity contribution in [1.82, 2.24) is 5.32 Å². The van der Waals surface area contributed by atoms with Crippen LogP contribution in [0.15, 0.2) is 28.7 Å². The Kier molecular flexibility index (Phi) is 6.60. The van der Waals surface area contributed by atoms with E-state index in [9.17, 15) is 4.79 Å². The molecule has 0 heterocycles. The summed E-state index contributed by atoms with van der Waals surface area (Å²) in [6, 6.07) is 8.00. The van der Waals surface area contributed by atoms with Crippen molar-refractivity contribution in [2.45, 2.75) is 32.2 Å². The largest absolute Gasteiger partial charge is 0.350 e. The minimum Gasteiger partial charge on any atom is -0.350 e. The maximum atomic E-state index is 11.6. The zero-order chi connectivity index (χ0) is 12.7. The summed E-state index contributed by atoms with van der Waals surface area (Å²) in [5.41, 5.74) is 1.10. The van der Waals surface area contributed by atoms with Crippen LogP contribution >= 0.6 is 27.5 Å². The minimum absolute atomic E-state index is 0.0380. The Labute approximate surface area is 116 Å². The van der Waals surface area contributed by atoms with Crippen molar-refractivity contribution in [1.29, 1.82) is 0 Å². The highest BCUT2D eigenvalue weighted by Gasteiger charge is 2.09. The fourth-order valence-electron chi connectivity index (χ4n) is 1.55. The number of hydrogen-bond donors (Lipinski definition) is 1. The third-order valence-corrected chi connectivity index (χ3v) is 3.27. The molecule has 0 aromatic heterocycles. The number of benzene rings is 1. The highest BCUT2D eigenvalue weighted by atomic mass is 79.9. The van der Waals surface area contributed by atoms with Gasteiger partial charge in [-0.15, -0.1) is 11.6 Å². The number of amides is 1. The third kappa shape index (κ3) is 5.55.